The van der Waals surface area contributed by atoms with Gasteiger partial charge in [-0.25, -0.2) is 4.39 Å². The molecule has 0 radical (unpaired) electrons. The van der Waals surface area contributed by atoms with Gasteiger partial charge in [0.2, 0.25) is 0 Å². The normalized spacial score (nSPS) is 10.3. The smallest absolute Gasteiger partial charge is 0.259 e. The summed E-state index contributed by atoms with van der Waals surface area (Å²) >= 11 is 5.65. The van der Waals surface area contributed by atoms with Crippen LogP contribution in [0.1, 0.15) is 20.7 Å². The molecule has 23 heavy (non-hydrogen) atoms. The Kier molecular flexibility index (Phi) is 4.86. The standard InChI is InChI=1S/C16H14ClFN2O3/c1-20(2)16(23)9-4-3-5-11(6-9)19-15(22)12-7-10(18)8-13(17)14(12)21/h3-8,21H,1-2H3,(H,19,22). The lowest BCUT2D eigenvalue weighted by Gasteiger charge is -2.12. The van der Waals surface area contributed by atoms with Crippen LogP contribution in [0.25, 0.3) is 0 Å². The van der Waals surface area contributed by atoms with E-state index >= 15 is 0 Å². The number of carbonyl (C=O) groups excluding carboxylic acids is 2. The molecule has 5 nitrogen and oxygen atoms in total. The first-order valence-corrected chi connectivity index (χ1v) is 6.98. The number of hydrogen-bond donors (Lipinski definition) is 2. The van der Waals surface area contributed by atoms with Crippen molar-refractivity contribution in [3.63, 3.8) is 0 Å². The van der Waals surface area contributed by atoms with Gasteiger partial charge in [-0.1, -0.05) is 17.7 Å². The van der Waals surface area contributed by atoms with E-state index in [-0.39, 0.29) is 16.5 Å². The molecule has 2 aromatic carbocycles. The number of hydrogen-bond acceptors (Lipinski definition) is 3. The van der Waals surface area contributed by atoms with Crippen LogP contribution in [-0.2, 0) is 0 Å². The Hall–Kier alpha value is -2.60. The Labute approximate surface area is 137 Å². The molecular weight excluding hydrogens is 323 g/mol. The van der Waals surface area contributed by atoms with Crippen molar-refractivity contribution >= 4 is 29.1 Å². The van der Waals surface area contributed by atoms with Gasteiger partial charge in [0.15, 0.2) is 0 Å². The molecule has 0 atom stereocenters. The highest BCUT2D eigenvalue weighted by Gasteiger charge is 2.17. The molecule has 7 heteroatoms. The van der Waals surface area contributed by atoms with E-state index in [1.165, 1.54) is 11.0 Å². The lowest BCUT2D eigenvalue weighted by atomic mass is 10.1. The van der Waals surface area contributed by atoms with Gasteiger partial charge in [0.25, 0.3) is 11.8 Å². The highest BCUT2D eigenvalue weighted by Crippen LogP contribution is 2.29. The second-order valence-electron chi connectivity index (χ2n) is 5.02. The lowest BCUT2D eigenvalue weighted by Crippen LogP contribution is -2.22. The number of rotatable bonds is 3. The van der Waals surface area contributed by atoms with Gasteiger partial charge in [0.05, 0.1) is 10.6 Å². The quantitative estimate of drug-likeness (QED) is 0.904. The third kappa shape index (κ3) is 3.78. The Morgan fingerprint density at radius 3 is 2.57 bits per heavy atom. The minimum absolute atomic E-state index is 0.224. The first-order valence-electron chi connectivity index (χ1n) is 6.60. The summed E-state index contributed by atoms with van der Waals surface area (Å²) in [6, 6.07) is 8.05. The van der Waals surface area contributed by atoms with E-state index in [0.717, 1.165) is 12.1 Å². The number of amides is 2. The number of carbonyl (C=O) groups is 2. The summed E-state index contributed by atoms with van der Waals surface area (Å²) in [5.41, 5.74) is 0.427. The molecule has 0 unspecified atom stereocenters. The Morgan fingerprint density at radius 1 is 1.22 bits per heavy atom. The fourth-order valence-corrected chi connectivity index (χ4v) is 2.13. The van der Waals surface area contributed by atoms with E-state index < -0.39 is 17.5 Å². The zero-order chi connectivity index (χ0) is 17.1. The van der Waals surface area contributed by atoms with Crippen LogP contribution in [0.2, 0.25) is 5.02 Å². The van der Waals surface area contributed by atoms with Crippen molar-refractivity contribution in [3.05, 3.63) is 58.4 Å². The number of aromatic hydroxyl groups is 1. The van der Waals surface area contributed by atoms with Gasteiger partial charge in [0.1, 0.15) is 11.6 Å². The maximum absolute atomic E-state index is 13.3. The Morgan fingerprint density at radius 2 is 1.91 bits per heavy atom. The minimum atomic E-state index is -0.741. The van der Waals surface area contributed by atoms with Crippen LogP contribution in [0.3, 0.4) is 0 Å². The van der Waals surface area contributed by atoms with Crippen LogP contribution in [0.15, 0.2) is 36.4 Å². The van der Waals surface area contributed by atoms with E-state index in [9.17, 15) is 19.1 Å². The van der Waals surface area contributed by atoms with Gasteiger partial charge in [-0.05, 0) is 30.3 Å². The average molecular weight is 337 g/mol. The van der Waals surface area contributed by atoms with Gasteiger partial charge < -0.3 is 15.3 Å². The minimum Gasteiger partial charge on any atom is -0.506 e. The largest absolute Gasteiger partial charge is 0.506 e. The predicted molar refractivity (Wildman–Crippen MR) is 85.5 cm³/mol. The molecule has 0 heterocycles. The number of nitrogens with one attached hydrogen (secondary N) is 1. The molecule has 0 aliphatic heterocycles. The fourth-order valence-electron chi connectivity index (χ4n) is 1.93. The van der Waals surface area contributed by atoms with Gasteiger partial charge >= 0.3 is 0 Å². The molecular formula is C16H14ClFN2O3. The van der Waals surface area contributed by atoms with Crippen LogP contribution in [0, 0.1) is 5.82 Å². The zero-order valence-corrected chi connectivity index (χ0v) is 13.2. The highest BCUT2D eigenvalue weighted by molar-refractivity contribution is 6.32. The predicted octanol–water partition coefficient (Wildman–Crippen LogP) is 3.14. The van der Waals surface area contributed by atoms with Crippen LogP contribution < -0.4 is 5.32 Å². The molecule has 2 aromatic rings. The van der Waals surface area contributed by atoms with E-state index in [1.54, 1.807) is 32.3 Å². The molecule has 2 rings (SSSR count). The molecule has 0 spiro atoms. The van der Waals surface area contributed by atoms with Crippen molar-refractivity contribution in [1.29, 1.82) is 0 Å². The van der Waals surface area contributed by atoms with E-state index in [4.69, 9.17) is 11.6 Å². The maximum Gasteiger partial charge on any atom is 0.259 e. The van der Waals surface area contributed by atoms with Crippen molar-refractivity contribution in [2.24, 2.45) is 0 Å². The highest BCUT2D eigenvalue weighted by atomic mass is 35.5. The van der Waals surface area contributed by atoms with E-state index in [0.29, 0.717) is 11.3 Å². The second-order valence-corrected chi connectivity index (χ2v) is 5.43. The first-order chi connectivity index (χ1) is 10.8. The van der Waals surface area contributed by atoms with Crippen LogP contribution >= 0.6 is 11.6 Å². The van der Waals surface area contributed by atoms with Crippen molar-refractivity contribution in [2.75, 3.05) is 19.4 Å². The van der Waals surface area contributed by atoms with Crippen LogP contribution in [0.5, 0.6) is 5.75 Å². The number of nitrogens with zero attached hydrogens (tertiary/aromatic N) is 1. The summed E-state index contributed by atoms with van der Waals surface area (Å²) in [7, 11) is 3.22. The molecule has 0 saturated carbocycles. The molecule has 0 aliphatic rings. The summed E-state index contributed by atoms with van der Waals surface area (Å²) in [4.78, 5) is 25.5. The SMILES string of the molecule is CN(C)C(=O)c1cccc(NC(=O)c2cc(F)cc(Cl)c2O)c1. The van der Waals surface area contributed by atoms with Crippen molar-refractivity contribution in [3.8, 4) is 5.75 Å². The molecule has 0 aliphatic carbocycles. The van der Waals surface area contributed by atoms with Gasteiger partial charge in [-0.15, -0.1) is 0 Å². The summed E-state index contributed by atoms with van der Waals surface area (Å²) in [6.07, 6.45) is 0. The van der Waals surface area contributed by atoms with E-state index in [1.807, 2.05) is 0 Å². The number of phenols is 1. The summed E-state index contributed by atoms with van der Waals surface area (Å²) in [5, 5.41) is 12.0. The third-order valence-corrected chi connectivity index (χ3v) is 3.33. The van der Waals surface area contributed by atoms with Crippen LogP contribution in [0.4, 0.5) is 10.1 Å². The van der Waals surface area contributed by atoms with Crippen molar-refractivity contribution in [2.45, 2.75) is 0 Å². The number of phenolic OH excluding ortho intramolecular Hbond substituents is 1. The summed E-state index contributed by atoms with van der Waals surface area (Å²) in [6.45, 7) is 0. The second kappa shape index (κ2) is 6.66. The summed E-state index contributed by atoms with van der Waals surface area (Å²) in [5.74, 6) is -2.21. The lowest BCUT2D eigenvalue weighted by molar-refractivity contribution is 0.0827. The molecule has 2 amide bonds. The van der Waals surface area contributed by atoms with Gasteiger partial charge in [-0.3, -0.25) is 9.59 Å². The van der Waals surface area contributed by atoms with Crippen LogP contribution in [-0.4, -0.2) is 35.9 Å². The molecule has 0 saturated heterocycles. The number of benzene rings is 2. The maximum atomic E-state index is 13.3. The number of anilines is 1. The molecule has 2 N–H and O–H groups in total. The monoisotopic (exact) mass is 336 g/mol. The Balaban J connectivity index is 2.28. The van der Waals surface area contributed by atoms with Crippen molar-refractivity contribution in [1.82, 2.24) is 4.90 Å². The van der Waals surface area contributed by atoms with Gasteiger partial charge in [0, 0.05) is 25.3 Å². The molecule has 0 aromatic heterocycles. The topological polar surface area (TPSA) is 69.6 Å². The first kappa shape index (κ1) is 16.8. The summed E-state index contributed by atoms with van der Waals surface area (Å²) < 4.78 is 13.3. The zero-order valence-electron chi connectivity index (χ0n) is 12.4. The van der Waals surface area contributed by atoms with Crippen molar-refractivity contribution < 1.29 is 19.1 Å². The molecule has 120 valence electrons. The van der Waals surface area contributed by atoms with E-state index in [2.05, 4.69) is 5.32 Å². The molecule has 0 fully saturated rings. The number of halogens is 2. The Bertz CT molecular complexity index is 778. The fraction of sp³-hybridized carbons (Fsp3) is 0.125. The molecule has 0 bridgehead atoms. The van der Waals surface area contributed by atoms with Gasteiger partial charge in [-0.2, -0.15) is 0 Å². The average Bonchev–Trinajstić information content (AvgIpc) is 2.50. The third-order valence-electron chi connectivity index (χ3n) is 3.05.